The molecule has 1 aromatic heterocycles. The molecule has 0 aliphatic carbocycles. The van der Waals surface area contributed by atoms with E-state index < -0.39 is 0 Å². The molecule has 102 valence electrons. The molecule has 3 N–H and O–H groups in total. The SMILES string of the molecule is CC(CN)C(=O)Nc1ccc2nn(C(C)C)cc2c1. The van der Waals surface area contributed by atoms with Gasteiger partial charge in [-0.2, -0.15) is 5.10 Å². The number of hydrogen-bond acceptors (Lipinski definition) is 3. The second kappa shape index (κ2) is 5.40. The zero-order valence-corrected chi connectivity index (χ0v) is 11.6. The van der Waals surface area contributed by atoms with E-state index in [-0.39, 0.29) is 11.8 Å². The van der Waals surface area contributed by atoms with Crippen molar-refractivity contribution in [1.82, 2.24) is 9.78 Å². The molecule has 1 aromatic carbocycles. The molecule has 0 radical (unpaired) electrons. The average Bonchev–Trinajstić information content (AvgIpc) is 2.81. The molecule has 0 aliphatic heterocycles. The fourth-order valence-corrected chi connectivity index (χ4v) is 1.76. The van der Waals surface area contributed by atoms with Gasteiger partial charge in [0.05, 0.1) is 5.52 Å². The minimum Gasteiger partial charge on any atom is -0.330 e. The Kier molecular flexibility index (Phi) is 3.85. The van der Waals surface area contributed by atoms with Crippen molar-refractivity contribution in [1.29, 1.82) is 0 Å². The van der Waals surface area contributed by atoms with E-state index in [1.165, 1.54) is 0 Å². The van der Waals surface area contributed by atoms with Gasteiger partial charge in [0.15, 0.2) is 0 Å². The van der Waals surface area contributed by atoms with E-state index in [4.69, 9.17) is 5.73 Å². The van der Waals surface area contributed by atoms with Gasteiger partial charge >= 0.3 is 0 Å². The van der Waals surface area contributed by atoms with Gasteiger partial charge in [-0.05, 0) is 32.0 Å². The van der Waals surface area contributed by atoms with Gasteiger partial charge in [0.25, 0.3) is 0 Å². The lowest BCUT2D eigenvalue weighted by atomic mass is 10.1. The van der Waals surface area contributed by atoms with Crippen LogP contribution in [0.25, 0.3) is 10.9 Å². The predicted molar refractivity (Wildman–Crippen MR) is 77.0 cm³/mol. The number of nitrogens with one attached hydrogen (secondary N) is 1. The highest BCUT2D eigenvalue weighted by atomic mass is 16.1. The summed E-state index contributed by atoms with van der Waals surface area (Å²) in [4.78, 5) is 11.8. The summed E-state index contributed by atoms with van der Waals surface area (Å²) in [6.07, 6.45) is 1.99. The summed E-state index contributed by atoms with van der Waals surface area (Å²) in [6.45, 7) is 6.32. The molecule has 5 nitrogen and oxygen atoms in total. The molecule has 0 fully saturated rings. The highest BCUT2D eigenvalue weighted by molar-refractivity contribution is 5.94. The van der Waals surface area contributed by atoms with Gasteiger partial charge in [0, 0.05) is 35.8 Å². The first-order valence-electron chi connectivity index (χ1n) is 6.51. The summed E-state index contributed by atoms with van der Waals surface area (Å²) in [6, 6.07) is 6.03. The van der Waals surface area contributed by atoms with Crippen LogP contribution in [0.2, 0.25) is 0 Å². The standard InChI is InChI=1S/C14H20N4O/c1-9(2)18-8-11-6-12(4-5-13(11)17-18)16-14(19)10(3)7-15/h4-6,8-10H,7,15H2,1-3H3,(H,16,19). The van der Waals surface area contributed by atoms with Crippen molar-refractivity contribution in [2.24, 2.45) is 11.7 Å². The molecule has 2 aromatic rings. The maximum Gasteiger partial charge on any atom is 0.228 e. The number of nitrogens with zero attached hydrogens (tertiary/aromatic N) is 2. The van der Waals surface area contributed by atoms with Gasteiger partial charge in [-0.25, -0.2) is 0 Å². The van der Waals surface area contributed by atoms with Crippen LogP contribution < -0.4 is 11.1 Å². The highest BCUT2D eigenvalue weighted by Gasteiger charge is 2.11. The number of aromatic nitrogens is 2. The van der Waals surface area contributed by atoms with Crippen LogP contribution in [0.15, 0.2) is 24.4 Å². The van der Waals surface area contributed by atoms with Crippen LogP contribution in [-0.2, 0) is 4.79 Å². The van der Waals surface area contributed by atoms with Gasteiger partial charge < -0.3 is 11.1 Å². The Bertz CT molecular complexity index is 588. The topological polar surface area (TPSA) is 72.9 Å². The molecule has 0 aliphatic rings. The van der Waals surface area contributed by atoms with Gasteiger partial charge in [-0.15, -0.1) is 0 Å². The number of benzene rings is 1. The molecule has 0 bridgehead atoms. The zero-order valence-electron chi connectivity index (χ0n) is 11.6. The summed E-state index contributed by atoms with van der Waals surface area (Å²) in [5.74, 6) is -0.243. The van der Waals surface area contributed by atoms with Crippen LogP contribution >= 0.6 is 0 Å². The molecule has 0 spiro atoms. The minimum absolute atomic E-state index is 0.0573. The second-order valence-corrected chi connectivity index (χ2v) is 5.10. The first kappa shape index (κ1) is 13.5. The monoisotopic (exact) mass is 260 g/mol. The summed E-state index contributed by atoms with van der Waals surface area (Å²) < 4.78 is 1.92. The van der Waals surface area contributed by atoms with Crippen molar-refractivity contribution in [2.45, 2.75) is 26.8 Å². The maximum atomic E-state index is 11.8. The van der Waals surface area contributed by atoms with Crippen molar-refractivity contribution in [2.75, 3.05) is 11.9 Å². The van der Waals surface area contributed by atoms with E-state index in [0.29, 0.717) is 12.6 Å². The molecular formula is C14H20N4O. The number of carbonyl (C=O) groups is 1. The number of anilines is 1. The summed E-state index contributed by atoms with van der Waals surface area (Å²) >= 11 is 0. The Balaban J connectivity index is 2.24. The third-order valence-corrected chi connectivity index (χ3v) is 3.12. The minimum atomic E-state index is -0.186. The van der Waals surface area contributed by atoms with E-state index in [2.05, 4.69) is 24.3 Å². The Hall–Kier alpha value is -1.88. The predicted octanol–water partition coefficient (Wildman–Crippen LogP) is 2.15. The molecular weight excluding hydrogens is 240 g/mol. The van der Waals surface area contributed by atoms with Gasteiger partial charge in [-0.1, -0.05) is 6.92 Å². The van der Waals surface area contributed by atoms with Gasteiger partial charge in [-0.3, -0.25) is 9.48 Å². The van der Waals surface area contributed by atoms with Crippen LogP contribution in [0.1, 0.15) is 26.8 Å². The summed E-state index contributed by atoms with van der Waals surface area (Å²) in [5.41, 5.74) is 7.19. The first-order chi connectivity index (χ1) is 9.01. The molecule has 1 amide bonds. The molecule has 1 heterocycles. The van der Waals surface area contributed by atoms with Crippen molar-refractivity contribution in [3.05, 3.63) is 24.4 Å². The second-order valence-electron chi connectivity index (χ2n) is 5.10. The Morgan fingerprint density at radius 2 is 2.16 bits per heavy atom. The zero-order chi connectivity index (χ0) is 14.0. The van der Waals surface area contributed by atoms with Crippen molar-refractivity contribution in [3.8, 4) is 0 Å². The van der Waals surface area contributed by atoms with E-state index in [9.17, 15) is 4.79 Å². The summed E-state index contributed by atoms with van der Waals surface area (Å²) in [7, 11) is 0. The number of hydrogen-bond donors (Lipinski definition) is 2. The fourth-order valence-electron chi connectivity index (χ4n) is 1.76. The van der Waals surface area contributed by atoms with E-state index >= 15 is 0 Å². The highest BCUT2D eigenvalue weighted by Crippen LogP contribution is 2.20. The van der Waals surface area contributed by atoms with Crippen LogP contribution in [0.4, 0.5) is 5.69 Å². The molecule has 19 heavy (non-hydrogen) atoms. The van der Waals surface area contributed by atoms with Crippen LogP contribution in [0.5, 0.6) is 0 Å². The Morgan fingerprint density at radius 3 is 2.79 bits per heavy atom. The molecule has 5 heteroatoms. The molecule has 0 saturated heterocycles. The number of rotatable bonds is 4. The lowest BCUT2D eigenvalue weighted by molar-refractivity contribution is -0.119. The van der Waals surface area contributed by atoms with Crippen molar-refractivity contribution < 1.29 is 4.79 Å². The molecule has 1 unspecified atom stereocenters. The number of fused-ring (bicyclic) bond motifs is 1. The molecule has 2 rings (SSSR count). The number of amides is 1. The Morgan fingerprint density at radius 1 is 1.42 bits per heavy atom. The van der Waals surface area contributed by atoms with E-state index in [0.717, 1.165) is 16.6 Å². The largest absolute Gasteiger partial charge is 0.330 e. The van der Waals surface area contributed by atoms with Crippen LogP contribution in [-0.4, -0.2) is 22.2 Å². The average molecular weight is 260 g/mol. The van der Waals surface area contributed by atoms with E-state index in [1.807, 2.05) is 36.0 Å². The van der Waals surface area contributed by atoms with E-state index in [1.54, 1.807) is 0 Å². The third kappa shape index (κ3) is 2.93. The van der Waals surface area contributed by atoms with Crippen LogP contribution in [0, 0.1) is 5.92 Å². The lowest BCUT2D eigenvalue weighted by Gasteiger charge is -2.09. The smallest absolute Gasteiger partial charge is 0.228 e. The molecule has 0 saturated carbocycles. The Labute approximate surface area is 112 Å². The fraction of sp³-hybridized carbons (Fsp3) is 0.429. The normalized spacial score (nSPS) is 12.9. The van der Waals surface area contributed by atoms with Crippen molar-refractivity contribution in [3.63, 3.8) is 0 Å². The van der Waals surface area contributed by atoms with Gasteiger partial charge in [0.2, 0.25) is 5.91 Å². The van der Waals surface area contributed by atoms with Crippen molar-refractivity contribution >= 4 is 22.5 Å². The number of nitrogens with two attached hydrogens (primary N) is 1. The first-order valence-corrected chi connectivity index (χ1v) is 6.51. The quantitative estimate of drug-likeness (QED) is 0.884. The number of carbonyl (C=O) groups excluding carboxylic acids is 1. The van der Waals surface area contributed by atoms with Gasteiger partial charge in [0.1, 0.15) is 0 Å². The molecule has 1 atom stereocenters. The third-order valence-electron chi connectivity index (χ3n) is 3.12. The van der Waals surface area contributed by atoms with Crippen LogP contribution in [0.3, 0.4) is 0 Å². The maximum absolute atomic E-state index is 11.8. The lowest BCUT2D eigenvalue weighted by Crippen LogP contribution is -2.26. The summed E-state index contributed by atoms with van der Waals surface area (Å²) in [5, 5.41) is 8.36.